The molecule has 1 rings (SSSR count). The van der Waals surface area contributed by atoms with Crippen LogP contribution in [0.5, 0.6) is 0 Å². The van der Waals surface area contributed by atoms with Crippen molar-refractivity contribution in [3.63, 3.8) is 0 Å². The molecule has 2 N–H and O–H groups in total. The maximum atomic E-state index is 10.9. The third kappa shape index (κ3) is 2.42. The molecule has 0 aliphatic heterocycles. The number of methoxy groups -OCH3 is 1. The summed E-state index contributed by atoms with van der Waals surface area (Å²) in [6.45, 7) is 3.96. The molecule has 1 saturated carbocycles. The topological polar surface area (TPSA) is 58.6 Å². The summed E-state index contributed by atoms with van der Waals surface area (Å²) in [5.74, 6) is -0.260. The quantitative estimate of drug-likeness (QED) is 0.657. The van der Waals surface area contributed by atoms with Crippen molar-refractivity contribution in [2.75, 3.05) is 13.7 Å². The molecule has 4 heteroatoms. The van der Waals surface area contributed by atoms with Crippen molar-refractivity contribution < 1.29 is 14.6 Å². The molecule has 76 valence electrons. The minimum atomic E-state index is -0.940. The van der Waals surface area contributed by atoms with Gasteiger partial charge in [-0.2, -0.15) is 0 Å². The van der Waals surface area contributed by atoms with Crippen LogP contribution in [0.4, 0.5) is 0 Å². The summed E-state index contributed by atoms with van der Waals surface area (Å²) in [6.07, 6.45) is 1.06. The van der Waals surface area contributed by atoms with E-state index in [4.69, 9.17) is 9.84 Å². The first-order valence-corrected chi connectivity index (χ1v) is 4.49. The van der Waals surface area contributed by atoms with Crippen LogP contribution in [0.2, 0.25) is 0 Å². The summed E-state index contributed by atoms with van der Waals surface area (Å²) in [6, 6.07) is 0.344. The Hall–Kier alpha value is -0.610. The lowest BCUT2D eigenvalue weighted by molar-refractivity contribution is -0.146. The molecule has 0 amide bonds. The fraction of sp³-hybridized carbons (Fsp3) is 0.889. The van der Waals surface area contributed by atoms with Crippen molar-refractivity contribution in [2.45, 2.75) is 31.8 Å². The zero-order valence-electron chi connectivity index (χ0n) is 8.33. The number of aliphatic carboxylic acids is 1. The molecule has 3 unspecified atom stereocenters. The third-order valence-corrected chi connectivity index (χ3v) is 2.52. The number of nitrogens with one attached hydrogen (secondary N) is 1. The Bertz CT molecular complexity index is 207. The van der Waals surface area contributed by atoms with Crippen LogP contribution in [-0.2, 0) is 9.53 Å². The Morgan fingerprint density at radius 1 is 1.77 bits per heavy atom. The van der Waals surface area contributed by atoms with E-state index < -0.39 is 11.5 Å². The highest BCUT2D eigenvalue weighted by Gasteiger charge is 2.42. The van der Waals surface area contributed by atoms with Crippen molar-refractivity contribution in [3.05, 3.63) is 0 Å². The van der Waals surface area contributed by atoms with Crippen LogP contribution in [0.15, 0.2) is 0 Å². The fourth-order valence-corrected chi connectivity index (χ4v) is 1.39. The molecular weight excluding hydrogens is 170 g/mol. The van der Waals surface area contributed by atoms with Gasteiger partial charge in [-0.3, -0.25) is 10.1 Å². The molecule has 1 aliphatic carbocycles. The van der Waals surface area contributed by atoms with Crippen LogP contribution in [0.3, 0.4) is 0 Å². The lowest BCUT2D eigenvalue weighted by Crippen LogP contribution is -2.54. The van der Waals surface area contributed by atoms with E-state index in [2.05, 4.69) is 12.2 Å². The second-order valence-corrected chi connectivity index (χ2v) is 4.03. The molecular formula is C9H17NO3. The van der Waals surface area contributed by atoms with Gasteiger partial charge < -0.3 is 9.84 Å². The minimum Gasteiger partial charge on any atom is -0.480 e. The first kappa shape index (κ1) is 10.5. The van der Waals surface area contributed by atoms with E-state index in [-0.39, 0.29) is 6.61 Å². The van der Waals surface area contributed by atoms with E-state index in [1.54, 1.807) is 6.92 Å². The molecule has 0 aromatic carbocycles. The molecule has 0 bridgehead atoms. The molecule has 0 aromatic rings. The summed E-state index contributed by atoms with van der Waals surface area (Å²) in [5.41, 5.74) is -0.940. The SMILES string of the molecule is COCC(C)(NC1CC1C)C(=O)O. The first-order valence-electron chi connectivity index (χ1n) is 4.49. The van der Waals surface area contributed by atoms with E-state index in [0.29, 0.717) is 12.0 Å². The number of rotatable bonds is 5. The molecule has 0 heterocycles. The zero-order valence-corrected chi connectivity index (χ0v) is 8.33. The van der Waals surface area contributed by atoms with Crippen molar-refractivity contribution in [3.8, 4) is 0 Å². The summed E-state index contributed by atoms with van der Waals surface area (Å²) in [5, 5.41) is 12.1. The molecule has 0 saturated heterocycles. The molecule has 0 aromatic heterocycles. The van der Waals surface area contributed by atoms with Crippen LogP contribution in [0, 0.1) is 5.92 Å². The summed E-state index contributed by atoms with van der Waals surface area (Å²) >= 11 is 0. The van der Waals surface area contributed by atoms with E-state index in [1.165, 1.54) is 7.11 Å². The third-order valence-electron chi connectivity index (χ3n) is 2.52. The monoisotopic (exact) mass is 187 g/mol. The van der Waals surface area contributed by atoms with Crippen molar-refractivity contribution in [2.24, 2.45) is 5.92 Å². The van der Waals surface area contributed by atoms with Crippen LogP contribution < -0.4 is 5.32 Å². The Labute approximate surface area is 78.3 Å². The van der Waals surface area contributed by atoms with Gasteiger partial charge in [0.1, 0.15) is 5.54 Å². The maximum Gasteiger partial charge on any atom is 0.326 e. The second kappa shape index (κ2) is 3.64. The molecule has 0 radical (unpaired) electrons. The number of ether oxygens (including phenoxy) is 1. The molecule has 13 heavy (non-hydrogen) atoms. The van der Waals surface area contributed by atoms with Crippen LogP contribution in [0.1, 0.15) is 20.3 Å². The molecule has 3 atom stereocenters. The van der Waals surface area contributed by atoms with Gasteiger partial charge >= 0.3 is 5.97 Å². The normalized spacial score (nSPS) is 31.0. The van der Waals surface area contributed by atoms with Crippen LogP contribution >= 0.6 is 0 Å². The summed E-state index contributed by atoms with van der Waals surface area (Å²) < 4.78 is 4.89. The average molecular weight is 187 g/mol. The highest BCUT2D eigenvalue weighted by molar-refractivity contribution is 5.78. The van der Waals surface area contributed by atoms with E-state index in [9.17, 15) is 4.79 Å². The predicted octanol–water partition coefficient (Wildman–Crippen LogP) is 0.474. The van der Waals surface area contributed by atoms with Gasteiger partial charge in [-0.05, 0) is 19.3 Å². The minimum absolute atomic E-state index is 0.200. The van der Waals surface area contributed by atoms with Crippen molar-refractivity contribution >= 4 is 5.97 Å². The maximum absolute atomic E-state index is 10.9. The van der Waals surface area contributed by atoms with Gasteiger partial charge in [-0.1, -0.05) is 6.92 Å². The van der Waals surface area contributed by atoms with Crippen molar-refractivity contribution in [1.82, 2.24) is 5.32 Å². The Kier molecular flexibility index (Phi) is 2.93. The largest absolute Gasteiger partial charge is 0.480 e. The highest BCUT2D eigenvalue weighted by Crippen LogP contribution is 2.31. The summed E-state index contributed by atoms with van der Waals surface area (Å²) in [4.78, 5) is 10.9. The van der Waals surface area contributed by atoms with Gasteiger partial charge in [-0.15, -0.1) is 0 Å². The van der Waals surface area contributed by atoms with Crippen LogP contribution in [0.25, 0.3) is 0 Å². The van der Waals surface area contributed by atoms with E-state index >= 15 is 0 Å². The standard InChI is InChI=1S/C9H17NO3/c1-6-4-7(6)10-9(2,5-13-3)8(11)12/h6-7,10H,4-5H2,1-3H3,(H,11,12). The molecule has 1 aliphatic rings. The fourth-order valence-electron chi connectivity index (χ4n) is 1.39. The van der Waals surface area contributed by atoms with Gasteiger partial charge in [-0.25, -0.2) is 0 Å². The first-order chi connectivity index (χ1) is 5.99. The summed E-state index contributed by atoms with van der Waals surface area (Å²) in [7, 11) is 1.51. The Morgan fingerprint density at radius 2 is 2.31 bits per heavy atom. The lowest BCUT2D eigenvalue weighted by Gasteiger charge is -2.25. The number of carboxylic acid groups (broad SMARTS) is 1. The Balaban J connectivity index is 2.51. The van der Waals surface area contributed by atoms with Crippen LogP contribution in [-0.4, -0.2) is 36.4 Å². The molecule has 1 fully saturated rings. The number of hydrogen-bond donors (Lipinski definition) is 2. The van der Waals surface area contributed by atoms with Crippen molar-refractivity contribution in [1.29, 1.82) is 0 Å². The van der Waals surface area contributed by atoms with Gasteiger partial charge in [0.25, 0.3) is 0 Å². The highest BCUT2D eigenvalue weighted by atomic mass is 16.5. The molecule has 4 nitrogen and oxygen atoms in total. The predicted molar refractivity (Wildman–Crippen MR) is 48.6 cm³/mol. The van der Waals surface area contributed by atoms with Gasteiger partial charge in [0, 0.05) is 13.2 Å². The van der Waals surface area contributed by atoms with Gasteiger partial charge in [0.2, 0.25) is 0 Å². The smallest absolute Gasteiger partial charge is 0.326 e. The average Bonchev–Trinajstić information content (AvgIpc) is 2.66. The van der Waals surface area contributed by atoms with E-state index in [0.717, 1.165) is 6.42 Å². The van der Waals surface area contributed by atoms with E-state index in [1.807, 2.05) is 0 Å². The second-order valence-electron chi connectivity index (χ2n) is 4.03. The zero-order chi connectivity index (χ0) is 10.1. The van der Waals surface area contributed by atoms with Gasteiger partial charge in [0.15, 0.2) is 0 Å². The van der Waals surface area contributed by atoms with Gasteiger partial charge in [0.05, 0.1) is 6.61 Å². The lowest BCUT2D eigenvalue weighted by atomic mass is 10.0. The number of hydrogen-bond acceptors (Lipinski definition) is 3. The number of carbonyl (C=O) groups is 1. The Morgan fingerprint density at radius 3 is 2.62 bits per heavy atom. The number of carboxylic acids is 1. The molecule has 0 spiro atoms.